The first kappa shape index (κ1) is 18.4. The maximum absolute atomic E-state index is 13.1. The Labute approximate surface area is 144 Å². The standard InChI is InChI=1S/C21H26FNO/c1-3-4-9-21(24)16-23(14-18-10-12-20(22)13-11-18)15-19-8-6-5-7-17(19)2/h3,5-8,10-13,21,24H,1,4,9,14-16H2,2H3/t21-/m1/s1. The molecule has 2 rings (SSSR count). The van der Waals surface area contributed by atoms with Crippen molar-refractivity contribution in [1.82, 2.24) is 4.90 Å². The van der Waals surface area contributed by atoms with Gasteiger partial charge in [-0.2, -0.15) is 0 Å². The highest BCUT2D eigenvalue weighted by Gasteiger charge is 2.13. The van der Waals surface area contributed by atoms with Crippen LogP contribution in [0.2, 0.25) is 0 Å². The molecule has 0 aromatic heterocycles. The van der Waals surface area contributed by atoms with Gasteiger partial charge in [-0.25, -0.2) is 4.39 Å². The molecule has 128 valence electrons. The van der Waals surface area contributed by atoms with Crippen LogP contribution >= 0.6 is 0 Å². The van der Waals surface area contributed by atoms with Gasteiger partial charge >= 0.3 is 0 Å². The summed E-state index contributed by atoms with van der Waals surface area (Å²) in [5.74, 6) is -0.227. The Hall–Kier alpha value is -1.97. The Morgan fingerprint density at radius 2 is 1.83 bits per heavy atom. The van der Waals surface area contributed by atoms with Crippen LogP contribution in [0.15, 0.2) is 61.2 Å². The van der Waals surface area contributed by atoms with E-state index in [9.17, 15) is 9.50 Å². The van der Waals surface area contributed by atoms with Crippen LogP contribution in [0.4, 0.5) is 4.39 Å². The summed E-state index contributed by atoms with van der Waals surface area (Å²) in [7, 11) is 0. The van der Waals surface area contributed by atoms with E-state index in [4.69, 9.17) is 0 Å². The van der Waals surface area contributed by atoms with Crippen LogP contribution in [0.3, 0.4) is 0 Å². The van der Waals surface area contributed by atoms with Gasteiger partial charge in [-0.3, -0.25) is 4.90 Å². The molecule has 0 radical (unpaired) electrons. The molecule has 0 heterocycles. The highest BCUT2D eigenvalue weighted by molar-refractivity contribution is 5.25. The Morgan fingerprint density at radius 3 is 2.50 bits per heavy atom. The van der Waals surface area contributed by atoms with Gasteiger partial charge in [0.1, 0.15) is 5.82 Å². The molecule has 0 aliphatic carbocycles. The summed E-state index contributed by atoms with van der Waals surface area (Å²) in [6.45, 7) is 7.83. The van der Waals surface area contributed by atoms with Crippen LogP contribution in [0.1, 0.15) is 29.5 Å². The van der Waals surface area contributed by atoms with Crippen molar-refractivity contribution in [3.8, 4) is 0 Å². The third kappa shape index (κ3) is 5.91. The van der Waals surface area contributed by atoms with E-state index in [1.54, 1.807) is 12.1 Å². The second kappa shape index (κ2) is 9.36. The molecule has 1 atom stereocenters. The smallest absolute Gasteiger partial charge is 0.123 e. The lowest BCUT2D eigenvalue weighted by Crippen LogP contribution is -2.32. The molecule has 2 aromatic carbocycles. The van der Waals surface area contributed by atoms with E-state index in [0.717, 1.165) is 18.5 Å². The molecule has 0 unspecified atom stereocenters. The van der Waals surface area contributed by atoms with Crippen LogP contribution in [-0.2, 0) is 13.1 Å². The van der Waals surface area contributed by atoms with Gasteiger partial charge in [0.2, 0.25) is 0 Å². The molecular weight excluding hydrogens is 301 g/mol. The summed E-state index contributed by atoms with van der Waals surface area (Å²) < 4.78 is 13.1. The van der Waals surface area contributed by atoms with Gasteiger partial charge < -0.3 is 5.11 Å². The van der Waals surface area contributed by atoms with Crippen molar-refractivity contribution in [3.63, 3.8) is 0 Å². The van der Waals surface area contributed by atoms with Crippen LogP contribution < -0.4 is 0 Å². The molecule has 2 nitrogen and oxygen atoms in total. The quantitative estimate of drug-likeness (QED) is 0.687. The molecule has 0 aliphatic heterocycles. The molecule has 2 aromatic rings. The first-order valence-corrected chi connectivity index (χ1v) is 8.38. The minimum atomic E-state index is -0.396. The van der Waals surface area contributed by atoms with E-state index >= 15 is 0 Å². The maximum Gasteiger partial charge on any atom is 0.123 e. The van der Waals surface area contributed by atoms with Gasteiger partial charge in [0.05, 0.1) is 6.10 Å². The highest BCUT2D eigenvalue weighted by atomic mass is 19.1. The average Bonchev–Trinajstić information content (AvgIpc) is 2.57. The Balaban J connectivity index is 2.09. The number of benzene rings is 2. The lowest BCUT2D eigenvalue weighted by molar-refractivity contribution is 0.0983. The molecule has 0 spiro atoms. The van der Waals surface area contributed by atoms with E-state index in [0.29, 0.717) is 19.5 Å². The second-order valence-electron chi connectivity index (χ2n) is 6.24. The summed E-state index contributed by atoms with van der Waals surface area (Å²) in [5, 5.41) is 10.3. The van der Waals surface area contributed by atoms with E-state index in [1.807, 2.05) is 18.2 Å². The summed E-state index contributed by atoms with van der Waals surface area (Å²) in [5.41, 5.74) is 3.53. The molecule has 0 bridgehead atoms. The van der Waals surface area contributed by atoms with Gasteiger partial charge in [0, 0.05) is 19.6 Å². The van der Waals surface area contributed by atoms with Crippen LogP contribution in [0.25, 0.3) is 0 Å². The van der Waals surface area contributed by atoms with Gasteiger partial charge in [-0.1, -0.05) is 42.5 Å². The van der Waals surface area contributed by atoms with Gasteiger partial charge in [0.15, 0.2) is 0 Å². The summed E-state index contributed by atoms with van der Waals surface area (Å²) in [4.78, 5) is 2.21. The predicted octanol–water partition coefficient (Wildman–Crippen LogP) is 4.46. The summed E-state index contributed by atoms with van der Waals surface area (Å²) in [6, 6.07) is 14.8. The minimum absolute atomic E-state index is 0.227. The van der Waals surface area contributed by atoms with Crippen molar-refractivity contribution < 1.29 is 9.50 Å². The number of aliphatic hydroxyl groups is 1. The van der Waals surface area contributed by atoms with Gasteiger partial charge in [0.25, 0.3) is 0 Å². The molecule has 1 N–H and O–H groups in total. The van der Waals surface area contributed by atoms with Crippen molar-refractivity contribution in [2.45, 2.75) is 39.0 Å². The molecule has 0 amide bonds. The number of halogens is 1. The molecule has 24 heavy (non-hydrogen) atoms. The topological polar surface area (TPSA) is 23.5 Å². The SMILES string of the molecule is C=CCC[C@@H](O)CN(Cc1ccc(F)cc1)Cc1ccccc1C. The third-order valence-electron chi connectivity index (χ3n) is 4.15. The van der Waals surface area contributed by atoms with E-state index in [1.165, 1.54) is 23.3 Å². The molecule has 0 aliphatic rings. The van der Waals surface area contributed by atoms with Crippen molar-refractivity contribution in [3.05, 3.63) is 83.7 Å². The van der Waals surface area contributed by atoms with Gasteiger partial charge in [-0.05, 0) is 48.6 Å². The highest BCUT2D eigenvalue weighted by Crippen LogP contribution is 2.15. The zero-order valence-electron chi connectivity index (χ0n) is 14.3. The molecule has 0 saturated carbocycles. The Kier molecular flexibility index (Phi) is 7.16. The number of aryl methyl sites for hydroxylation is 1. The Bertz CT molecular complexity index is 639. The average molecular weight is 327 g/mol. The lowest BCUT2D eigenvalue weighted by Gasteiger charge is -2.26. The lowest BCUT2D eigenvalue weighted by atomic mass is 10.1. The largest absolute Gasteiger partial charge is 0.392 e. The fourth-order valence-corrected chi connectivity index (χ4v) is 2.76. The second-order valence-corrected chi connectivity index (χ2v) is 6.24. The number of allylic oxidation sites excluding steroid dienone is 1. The van der Waals surface area contributed by atoms with E-state index < -0.39 is 6.10 Å². The molecule has 3 heteroatoms. The van der Waals surface area contributed by atoms with Crippen molar-refractivity contribution >= 4 is 0 Å². The molecule has 0 fully saturated rings. The fraction of sp³-hybridized carbons (Fsp3) is 0.333. The first-order chi connectivity index (χ1) is 11.6. The normalized spacial score (nSPS) is 12.3. The fourth-order valence-electron chi connectivity index (χ4n) is 2.76. The molecular formula is C21H26FNO. The summed E-state index contributed by atoms with van der Waals surface area (Å²) in [6.07, 6.45) is 2.94. The minimum Gasteiger partial charge on any atom is -0.392 e. The van der Waals surface area contributed by atoms with Crippen molar-refractivity contribution in [2.75, 3.05) is 6.54 Å². The number of hydrogen-bond donors (Lipinski definition) is 1. The Morgan fingerprint density at radius 1 is 1.12 bits per heavy atom. The van der Waals surface area contributed by atoms with Crippen molar-refractivity contribution in [1.29, 1.82) is 0 Å². The third-order valence-corrected chi connectivity index (χ3v) is 4.15. The number of rotatable bonds is 9. The predicted molar refractivity (Wildman–Crippen MR) is 97.1 cm³/mol. The maximum atomic E-state index is 13.1. The number of nitrogens with zero attached hydrogens (tertiary/aromatic N) is 1. The zero-order chi connectivity index (χ0) is 17.4. The molecule has 0 saturated heterocycles. The van der Waals surface area contributed by atoms with Crippen LogP contribution in [0, 0.1) is 12.7 Å². The van der Waals surface area contributed by atoms with E-state index in [2.05, 4.69) is 30.5 Å². The zero-order valence-corrected chi connectivity index (χ0v) is 14.3. The number of hydrogen-bond acceptors (Lipinski definition) is 2. The van der Waals surface area contributed by atoms with Crippen LogP contribution in [0.5, 0.6) is 0 Å². The monoisotopic (exact) mass is 327 g/mol. The van der Waals surface area contributed by atoms with Crippen LogP contribution in [-0.4, -0.2) is 22.7 Å². The van der Waals surface area contributed by atoms with Gasteiger partial charge in [-0.15, -0.1) is 6.58 Å². The number of aliphatic hydroxyl groups excluding tert-OH is 1. The summed E-state index contributed by atoms with van der Waals surface area (Å²) >= 11 is 0. The first-order valence-electron chi connectivity index (χ1n) is 8.38. The van der Waals surface area contributed by atoms with E-state index in [-0.39, 0.29) is 5.82 Å². The van der Waals surface area contributed by atoms with Crippen molar-refractivity contribution in [2.24, 2.45) is 0 Å².